The van der Waals surface area contributed by atoms with Gasteiger partial charge in [-0.15, -0.1) is 11.6 Å². The van der Waals surface area contributed by atoms with Gasteiger partial charge in [0.25, 0.3) is 0 Å². The Morgan fingerprint density at radius 3 is 2.67 bits per heavy atom. The predicted octanol–water partition coefficient (Wildman–Crippen LogP) is 3.77. The fourth-order valence-corrected chi connectivity index (χ4v) is 1.37. The molecule has 64 valence electrons. The molecule has 0 spiro atoms. The van der Waals surface area contributed by atoms with Gasteiger partial charge in [0.2, 0.25) is 0 Å². The van der Waals surface area contributed by atoms with E-state index < -0.39 is 0 Å². The average Bonchev–Trinajstić information content (AvgIpc) is 2.05. The van der Waals surface area contributed by atoms with Gasteiger partial charge in [-0.25, -0.2) is 0 Å². The molecule has 1 aromatic rings. The second-order valence-electron chi connectivity index (χ2n) is 3.06. The molecule has 0 radical (unpaired) electrons. The number of hydrogen-bond donors (Lipinski definition) is 0. The van der Waals surface area contributed by atoms with Crippen LogP contribution in [0.4, 0.5) is 0 Å². The molecule has 0 saturated heterocycles. The number of hydrogen-bond acceptors (Lipinski definition) is 0. The van der Waals surface area contributed by atoms with E-state index in [1.807, 2.05) is 6.92 Å². The third-order valence-corrected chi connectivity index (χ3v) is 2.27. The molecule has 0 aliphatic rings. The summed E-state index contributed by atoms with van der Waals surface area (Å²) in [5, 5.41) is 0. The standard InChI is InChI=1S/C11H13Cl/c1-8(2)10-5-4-9(3)11(6-10)7-12/h4-6H,1,7H2,2-3H3. The molecule has 0 atom stereocenters. The molecule has 1 aromatic carbocycles. The molecular weight excluding hydrogens is 168 g/mol. The van der Waals surface area contributed by atoms with Gasteiger partial charge in [0.1, 0.15) is 0 Å². The molecule has 0 aliphatic carbocycles. The fraction of sp³-hybridized carbons (Fsp3) is 0.273. The minimum atomic E-state index is 0.576. The Morgan fingerprint density at radius 1 is 1.50 bits per heavy atom. The maximum absolute atomic E-state index is 5.78. The normalized spacial score (nSPS) is 9.92. The van der Waals surface area contributed by atoms with Crippen molar-refractivity contribution in [2.45, 2.75) is 19.7 Å². The van der Waals surface area contributed by atoms with E-state index in [1.165, 1.54) is 16.7 Å². The first-order chi connectivity index (χ1) is 5.65. The topological polar surface area (TPSA) is 0 Å². The van der Waals surface area contributed by atoms with E-state index >= 15 is 0 Å². The smallest absolute Gasteiger partial charge is 0.0476 e. The highest BCUT2D eigenvalue weighted by Gasteiger charge is 1.98. The average molecular weight is 181 g/mol. The zero-order valence-corrected chi connectivity index (χ0v) is 8.28. The molecule has 0 saturated carbocycles. The van der Waals surface area contributed by atoms with Gasteiger partial charge in [0.15, 0.2) is 0 Å². The Labute approximate surface area is 78.9 Å². The number of rotatable bonds is 2. The molecule has 0 fully saturated rings. The summed E-state index contributed by atoms with van der Waals surface area (Å²) in [4.78, 5) is 0. The van der Waals surface area contributed by atoms with Crippen molar-refractivity contribution < 1.29 is 0 Å². The first-order valence-electron chi connectivity index (χ1n) is 3.96. The first kappa shape index (κ1) is 9.34. The highest BCUT2D eigenvalue weighted by atomic mass is 35.5. The van der Waals surface area contributed by atoms with Gasteiger partial charge in [-0.3, -0.25) is 0 Å². The number of benzene rings is 1. The van der Waals surface area contributed by atoms with Crippen molar-refractivity contribution in [3.8, 4) is 0 Å². The highest BCUT2D eigenvalue weighted by molar-refractivity contribution is 6.17. The van der Waals surface area contributed by atoms with E-state index in [0.29, 0.717) is 5.88 Å². The van der Waals surface area contributed by atoms with Crippen LogP contribution in [-0.4, -0.2) is 0 Å². The zero-order chi connectivity index (χ0) is 9.14. The number of alkyl halides is 1. The Bertz CT molecular complexity index is 300. The van der Waals surface area contributed by atoms with Gasteiger partial charge < -0.3 is 0 Å². The van der Waals surface area contributed by atoms with Crippen molar-refractivity contribution in [2.75, 3.05) is 0 Å². The summed E-state index contributed by atoms with van der Waals surface area (Å²) in [5.74, 6) is 0.576. The van der Waals surface area contributed by atoms with Crippen LogP contribution in [0.3, 0.4) is 0 Å². The number of halogens is 1. The van der Waals surface area contributed by atoms with Gasteiger partial charge in [-0.05, 0) is 30.5 Å². The van der Waals surface area contributed by atoms with E-state index in [1.54, 1.807) is 0 Å². The van der Waals surface area contributed by atoms with Gasteiger partial charge in [-0.1, -0.05) is 30.4 Å². The predicted molar refractivity (Wildman–Crippen MR) is 55.4 cm³/mol. The number of allylic oxidation sites excluding steroid dienone is 1. The second kappa shape index (κ2) is 3.77. The number of aryl methyl sites for hydroxylation is 1. The van der Waals surface area contributed by atoms with Crippen molar-refractivity contribution in [3.63, 3.8) is 0 Å². The molecule has 0 nitrogen and oxygen atoms in total. The molecule has 0 aromatic heterocycles. The van der Waals surface area contributed by atoms with E-state index in [0.717, 1.165) is 5.57 Å². The fourth-order valence-electron chi connectivity index (χ4n) is 1.08. The van der Waals surface area contributed by atoms with Crippen molar-refractivity contribution in [3.05, 3.63) is 41.5 Å². The lowest BCUT2D eigenvalue weighted by molar-refractivity contribution is 1.29. The van der Waals surface area contributed by atoms with Crippen LogP contribution in [0.15, 0.2) is 24.8 Å². The molecule has 1 heteroatoms. The molecule has 0 aliphatic heterocycles. The Morgan fingerprint density at radius 2 is 2.17 bits per heavy atom. The van der Waals surface area contributed by atoms with E-state index in [2.05, 4.69) is 31.7 Å². The summed E-state index contributed by atoms with van der Waals surface area (Å²) < 4.78 is 0. The van der Waals surface area contributed by atoms with Crippen molar-refractivity contribution in [2.24, 2.45) is 0 Å². The largest absolute Gasteiger partial charge is 0.122 e. The third kappa shape index (κ3) is 1.89. The lowest BCUT2D eigenvalue weighted by atomic mass is 10.0. The second-order valence-corrected chi connectivity index (χ2v) is 3.32. The molecule has 0 amide bonds. The van der Waals surface area contributed by atoms with Crippen LogP contribution in [0, 0.1) is 6.92 Å². The Kier molecular flexibility index (Phi) is 2.93. The molecule has 0 N–H and O–H groups in total. The van der Waals surface area contributed by atoms with Gasteiger partial charge >= 0.3 is 0 Å². The third-order valence-electron chi connectivity index (χ3n) is 1.99. The molecule has 0 bridgehead atoms. The SMILES string of the molecule is C=C(C)c1ccc(C)c(CCl)c1. The Hall–Kier alpha value is -0.750. The van der Waals surface area contributed by atoms with Crippen molar-refractivity contribution in [1.82, 2.24) is 0 Å². The van der Waals surface area contributed by atoms with Crippen LogP contribution in [0.1, 0.15) is 23.6 Å². The van der Waals surface area contributed by atoms with Crippen LogP contribution in [-0.2, 0) is 5.88 Å². The monoisotopic (exact) mass is 180 g/mol. The van der Waals surface area contributed by atoms with Crippen LogP contribution < -0.4 is 0 Å². The van der Waals surface area contributed by atoms with Gasteiger partial charge in [0.05, 0.1) is 0 Å². The summed E-state index contributed by atoms with van der Waals surface area (Å²) in [6, 6.07) is 6.26. The molecular formula is C11H13Cl. The summed E-state index contributed by atoms with van der Waals surface area (Å²) >= 11 is 5.78. The lowest BCUT2D eigenvalue weighted by Gasteiger charge is -2.05. The minimum absolute atomic E-state index is 0.576. The van der Waals surface area contributed by atoms with Crippen LogP contribution in [0.25, 0.3) is 5.57 Å². The maximum Gasteiger partial charge on any atom is 0.0476 e. The minimum Gasteiger partial charge on any atom is -0.122 e. The van der Waals surface area contributed by atoms with E-state index in [4.69, 9.17) is 11.6 Å². The summed E-state index contributed by atoms with van der Waals surface area (Å²) in [6.45, 7) is 7.96. The molecule has 12 heavy (non-hydrogen) atoms. The van der Waals surface area contributed by atoms with Crippen LogP contribution in [0.2, 0.25) is 0 Å². The highest BCUT2D eigenvalue weighted by Crippen LogP contribution is 2.18. The summed E-state index contributed by atoms with van der Waals surface area (Å²) in [7, 11) is 0. The summed E-state index contributed by atoms with van der Waals surface area (Å²) in [5.41, 5.74) is 4.70. The quantitative estimate of drug-likeness (QED) is 0.608. The van der Waals surface area contributed by atoms with Crippen LogP contribution in [0.5, 0.6) is 0 Å². The van der Waals surface area contributed by atoms with Crippen molar-refractivity contribution in [1.29, 1.82) is 0 Å². The zero-order valence-electron chi connectivity index (χ0n) is 7.52. The van der Waals surface area contributed by atoms with E-state index in [-0.39, 0.29) is 0 Å². The molecule has 0 unspecified atom stereocenters. The summed E-state index contributed by atoms with van der Waals surface area (Å²) in [6.07, 6.45) is 0. The van der Waals surface area contributed by atoms with E-state index in [9.17, 15) is 0 Å². The van der Waals surface area contributed by atoms with Crippen molar-refractivity contribution >= 4 is 17.2 Å². The lowest BCUT2D eigenvalue weighted by Crippen LogP contribution is -1.87. The van der Waals surface area contributed by atoms with Gasteiger partial charge in [0, 0.05) is 5.88 Å². The maximum atomic E-state index is 5.78. The molecule has 0 heterocycles. The first-order valence-corrected chi connectivity index (χ1v) is 4.50. The van der Waals surface area contributed by atoms with Crippen LogP contribution >= 0.6 is 11.6 Å². The molecule has 1 rings (SSSR count). The Balaban J connectivity index is 3.13. The van der Waals surface area contributed by atoms with Gasteiger partial charge in [-0.2, -0.15) is 0 Å².